The molecule has 2 atom stereocenters. The number of Topliss-reactive ketones (excluding diaryl/α,β-unsaturated/α-hetero) is 1. The number of carbonyl (C=O) groups is 4. The van der Waals surface area contributed by atoms with E-state index in [-0.39, 0.29) is 5.56 Å². The molecule has 2 unspecified atom stereocenters. The summed E-state index contributed by atoms with van der Waals surface area (Å²) in [6.07, 6.45) is -0.398. The van der Waals surface area contributed by atoms with Crippen LogP contribution in [0.4, 0.5) is 9.18 Å². The van der Waals surface area contributed by atoms with Crippen LogP contribution in [0.15, 0.2) is 24.3 Å². The Balaban J connectivity index is 2.19. The highest BCUT2D eigenvalue weighted by Gasteiger charge is 2.45. The Kier molecular flexibility index (Phi) is 5.08. The van der Waals surface area contributed by atoms with Crippen LogP contribution < -0.4 is 11.1 Å². The Labute approximate surface area is 138 Å². The Morgan fingerprint density at radius 3 is 2.50 bits per heavy atom. The van der Waals surface area contributed by atoms with Gasteiger partial charge < -0.3 is 5.73 Å². The van der Waals surface area contributed by atoms with E-state index in [1.165, 1.54) is 18.2 Å². The van der Waals surface area contributed by atoms with Crippen molar-refractivity contribution in [1.29, 1.82) is 0 Å². The van der Waals surface area contributed by atoms with Gasteiger partial charge in [-0.05, 0) is 19.9 Å². The second-order valence-corrected chi connectivity index (χ2v) is 5.83. The van der Waals surface area contributed by atoms with Gasteiger partial charge in [-0.1, -0.05) is 18.2 Å². The molecule has 1 aliphatic heterocycles. The molecule has 1 saturated heterocycles. The number of nitrogens with one attached hydrogen (secondary N) is 1. The highest BCUT2D eigenvalue weighted by Crippen LogP contribution is 2.22. The van der Waals surface area contributed by atoms with Gasteiger partial charge in [-0.25, -0.2) is 9.18 Å². The predicted molar refractivity (Wildman–Crippen MR) is 82.0 cm³/mol. The Morgan fingerprint density at radius 1 is 1.29 bits per heavy atom. The van der Waals surface area contributed by atoms with Gasteiger partial charge in [0.15, 0.2) is 11.7 Å². The summed E-state index contributed by atoms with van der Waals surface area (Å²) in [7, 11) is 0. The van der Waals surface area contributed by atoms with Crippen molar-refractivity contribution in [2.45, 2.75) is 32.4 Å². The number of halogens is 1. The minimum Gasteiger partial charge on any atom is -0.323 e. The molecule has 4 amide bonds. The number of barbiturate groups is 1. The van der Waals surface area contributed by atoms with Gasteiger partial charge >= 0.3 is 6.03 Å². The number of ketones is 1. The fraction of sp³-hybridized carbons (Fsp3) is 0.375. The third kappa shape index (κ3) is 3.33. The SMILES string of the molecule is CC(C)N1C(=O)NC(=O)C(C(=O)CC(N)c2ccccc2F)C1=O. The molecule has 0 aliphatic carbocycles. The number of rotatable bonds is 5. The standard InChI is InChI=1S/C16H18FN3O4/c1-8(2)20-15(23)13(14(22)19-16(20)24)12(21)7-11(18)9-5-3-4-6-10(9)17/h3-6,8,11,13H,7,18H2,1-2H3,(H,19,22,24). The lowest BCUT2D eigenvalue weighted by atomic mass is 9.91. The largest absolute Gasteiger partial charge is 0.331 e. The number of urea groups is 1. The zero-order valence-corrected chi connectivity index (χ0v) is 13.3. The van der Waals surface area contributed by atoms with Crippen molar-refractivity contribution in [1.82, 2.24) is 10.2 Å². The van der Waals surface area contributed by atoms with E-state index in [0.717, 1.165) is 4.90 Å². The number of nitrogens with two attached hydrogens (primary N) is 1. The molecular weight excluding hydrogens is 317 g/mol. The van der Waals surface area contributed by atoms with Crippen molar-refractivity contribution in [3.63, 3.8) is 0 Å². The molecule has 128 valence electrons. The molecule has 0 bridgehead atoms. The smallest absolute Gasteiger partial charge is 0.323 e. The molecule has 1 aromatic carbocycles. The number of imide groups is 2. The first-order chi connectivity index (χ1) is 11.2. The second kappa shape index (κ2) is 6.88. The fourth-order valence-electron chi connectivity index (χ4n) is 2.58. The van der Waals surface area contributed by atoms with Crippen molar-refractivity contribution in [3.05, 3.63) is 35.6 Å². The van der Waals surface area contributed by atoms with Gasteiger partial charge in [-0.2, -0.15) is 0 Å². The molecule has 0 spiro atoms. The van der Waals surface area contributed by atoms with Gasteiger partial charge in [-0.15, -0.1) is 0 Å². The van der Waals surface area contributed by atoms with E-state index in [2.05, 4.69) is 0 Å². The molecule has 3 N–H and O–H groups in total. The third-order valence-corrected chi connectivity index (χ3v) is 3.76. The van der Waals surface area contributed by atoms with Gasteiger partial charge in [0, 0.05) is 24.1 Å². The summed E-state index contributed by atoms with van der Waals surface area (Å²) in [6.45, 7) is 3.17. The Morgan fingerprint density at radius 2 is 1.92 bits per heavy atom. The van der Waals surface area contributed by atoms with Crippen LogP contribution >= 0.6 is 0 Å². The van der Waals surface area contributed by atoms with Crippen LogP contribution in [-0.2, 0) is 14.4 Å². The van der Waals surface area contributed by atoms with Crippen molar-refractivity contribution < 1.29 is 23.6 Å². The maximum atomic E-state index is 13.7. The molecule has 0 radical (unpaired) electrons. The lowest BCUT2D eigenvalue weighted by Crippen LogP contribution is -2.61. The molecule has 0 aromatic heterocycles. The number of hydrogen-bond donors (Lipinski definition) is 2. The summed E-state index contributed by atoms with van der Waals surface area (Å²) in [6, 6.07) is 3.32. The molecule has 1 aliphatic rings. The molecule has 7 nitrogen and oxygen atoms in total. The van der Waals surface area contributed by atoms with Crippen LogP contribution in [0.1, 0.15) is 31.9 Å². The first kappa shape index (κ1) is 17.7. The molecule has 1 heterocycles. The quantitative estimate of drug-likeness (QED) is 0.777. The van der Waals surface area contributed by atoms with Crippen LogP contribution in [0, 0.1) is 11.7 Å². The van der Waals surface area contributed by atoms with Crippen LogP contribution in [0.2, 0.25) is 0 Å². The summed E-state index contributed by atoms with van der Waals surface area (Å²) in [5.74, 6) is -4.84. The lowest BCUT2D eigenvalue weighted by Gasteiger charge is -2.32. The van der Waals surface area contributed by atoms with Gasteiger partial charge in [0.1, 0.15) is 5.82 Å². The van der Waals surface area contributed by atoms with Crippen LogP contribution in [-0.4, -0.2) is 34.6 Å². The number of nitrogens with zero attached hydrogens (tertiary/aromatic N) is 1. The minimum absolute atomic E-state index is 0.117. The van der Waals surface area contributed by atoms with Gasteiger partial charge in [0.2, 0.25) is 5.91 Å². The highest BCUT2D eigenvalue weighted by molar-refractivity contribution is 6.26. The average Bonchev–Trinajstić information content (AvgIpc) is 2.46. The maximum absolute atomic E-state index is 13.7. The van der Waals surface area contributed by atoms with Gasteiger partial charge in [0.25, 0.3) is 5.91 Å². The van der Waals surface area contributed by atoms with Crippen LogP contribution in [0.3, 0.4) is 0 Å². The third-order valence-electron chi connectivity index (χ3n) is 3.76. The monoisotopic (exact) mass is 335 g/mol. The number of hydrogen-bond acceptors (Lipinski definition) is 5. The predicted octanol–water partition coefficient (Wildman–Crippen LogP) is 0.888. The fourth-order valence-corrected chi connectivity index (χ4v) is 2.58. The topological polar surface area (TPSA) is 110 Å². The van der Waals surface area contributed by atoms with E-state index in [9.17, 15) is 23.6 Å². The summed E-state index contributed by atoms with van der Waals surface area (Å²) < 4.78 is 13.7. The van der Waals surface area contributed by atoms with E-state index in [4.69, 9.17) is 5.73 Å². The second-order valence-electron chi connectivity index (χ2n) is 5.83. The molecule has 24 heavy (non-hydrogen) atoms. The summed E-state index contributed by atoms with van der Waals surface area (Å²) in [5.41, 5.74) is 5.95. The van der Waals surface area contributed by atoms with Crippen molar-refractivity contribution in [2.75, 3.05) is 0 Å². The molecule has 1 aromatic rings. The maximum Gasteiger partial charge on any atom is 0.331 e. The Hall–Kier alpha value is -2.61. The first-order valence-corrected chi connectivity index (χ1v) is 7.44. The Bertz CT molecular complexity index is 704. The first-order valence-electron chi connectivity index (χ1n) is 7.44. The van der Waals surface area contributed by atoms with Crippen LogP contribution in [0.5, 0.6) is 0 Å². The van der Waals surface area contributed by atoms with Crippen molar-refractivity contribution in [2.24, 2.45) is 11.7 Å². The summed E-state index contributed by atoms with van der Waals surface area (Å²) in [4.78, 5) is 49.1. The molecule has 8 heteroatoms. The average molecular weight is 335 g/mol. The van der Waals surface area contributed by atoms with Crippen molar-refractivity contribution >= 4 is 23.6 Å². The number of amides is 4. The summed E-state index contributed by atoms with van der Waals surface area (Å²) >= 11 is 0. The molecule has 1 fully saturated rings. The number of carbonyl (C=O) groups excluding carboxylic acids is 4. The van der Waals surface area contributed by atoms with E-state index >= 15 is 0 Å². The zero-order valence-electron chi connectivity index (χ0n) is 13.3. The molecule has 0 saturated carbocycles. The molecule has 2 rings (SSSR count). The van der Waals surface area contributed by atoms with Gasteiger partial charge in [0.05, 0.1) is 0 Å². The zero-order chi connectivity index (χ0) is 18.0. The van der Waals surface area contributed by atoms with E-state index < -0.39 is 53.9 Å². The normalized spacial score (nSPS) is 19.5. The molecular formula is C16H18FN3O4. The number of benzene rings is 1. The van der Waals surface area contributed by atoms with E-state index in [1.54, 1.807) is 19.9 Å². The lowest BCUT2D eigenvalue weighted by molar-refractivity contribution is -0.148. The summed E-state index contributed by atoms with van der Waals surface area (Å²) in [5, 5.41) is 1.99. The van der Waals surface area contributed by atoms with Crippen molar-refractivity contribution in [3.8, 4) is 0 Å². The minimum atomic E-state index is -1.65. The van der Waals surface area contributed by atoms with Crippen LogP contribution in [0.25, 0.3) is 0 Å². The van der Waals surface area contributed by atoms with E-state index in [0.29, 0.717) is 0 Å². The highest BCUT2D eigenvalue weighted by atomic mass is 19.1. The van der Waals surface area contributed by atoms with Gasteiger partial charge in [-0.3, -0.25) is 24.6 Å². The van der Waals surface area contributed by atoms with E-state index in [1.807, 2.05) is 5.32 Å².